The lowest BCUT2D eigenvalue weighted by molar-refractivity contribution is 0.0688. The monoisotopic (exact) mass is 242 g/mol. The molecule has 0 spiro atoms. The number of aromatic nitrogens is 2. The van der Waals surface area contributed by atoms with E-state index >= 15 is 0 Å². The molecule has 1 aromatic rings. The first-order chi connectivity index (χ1) is 7.48. The van der Waals surface area contributed by atoms with Crippen molar-refractivity contribution in [2.45, 2.75) is 30.4 Å². The summed E-state index contributed by atoms with van der Waals surface area (Å²) in [6.45, 7) is 0. The van der Waals surface area contributed by atoms with E-state index in [0.29, 0.717) is 11.3 Å². The summed E-state index contributed by atoms with van der Waals surface area (Å²) in [6, 6.07) is 0.204. The molecule has 1 aliphatic heterocycles. The molecule has 0 unspecified atom stereocenters. The summed E-state index contributed by atoms with van der Waals surface area (Å²) >= 11 is 0. The first-order valence-corrected chi connectivity index (χ1v) is 6.84. The molecule has 1 N–H and O–H groups in total. The molecule has 2 heterocycles. The molecule has 1 fully saturated rings. The molecule has 0 bridgehead atoms. The van der Waals surface area contributed by atoms with Crippen LogP contribution in [0.15, 0.2) is 0 Å². The summed E-state index contributed by atoms with van der Waals surface area (Å²) in [7, 11) is -3.17. The minimum Gasteiger partial charge on any atom is -0.476 e. The molecule has 2 aliphatic rings. The third kappa shape index (κ3) is 1.35. The van der Waals surface area contributed by atoms with Crippen LogP contribution in [0.25, 0.3) is 0 Å². The van der Waals surface area contributed by atoms with E-state index in [4.69, 9.17) is 5.11 Å². The third-order valence-corrected chi connectivity index (χ3v) is 4.38. The number of nitrogens with zero attached hydrogens (tertiary/aromatic N) is 2. The fraction of sp³-hybridized carbons (Fsp3) is 0.556. The van der Waals surface area contributed by atoms with E-state index in [1.54, 1.807) is 4.68 Å². The molecule has 16 heavy (non-hydrogen) atoms. The van der Waals surface area contributed by atoms with Crippen molar-refractivity contribution in [1.29, 1.82) is 0 Å². The van der Waals surface area contributed by atoms with Crippen molar-refractivity contribution in [2.75, 3.05) is 0 Å². The van der Waals surface area contributed by atoms with Crippen molar-refractivity contribution in [3.8, 4) is 0 Å². The molecular formula is C9H10N2O4S. The van der Waals surface area contributed by atoms with E-state index in [9.17, 15) is 13.2 Å². The van der Waals surface area contributed by atoms with Crippen molar-refractivity contribution in [2.24, 2.45) is 0 Å². The van der Waals surface area contributed by atoms with Gasteiger partial charge in [-0.2, -0.15) is 5.10 Å². The van der Waals surface area contributed by atoms with E-state index in [-0.39, 0.29) is 23.2 Å². The molecule has 6 nitrogen and oxygen atoms in total. The van der Waals surface area contributed by atoms with E-state index < -0.39 is 15.8 Å². The van der Waals surface area contributed by atoms with Crippen molar-refractivity contribution in [1.82, 2.24) is 9.78 Å². The van der Waals surface area contributed by atoms with E-state index in [1.165, 1.54) is 0 Å². The molecule has 0 saturated heterocycles. The smallest absolute Gasteiger partial charge is 0.356 e. The van der Waals surface area contributed by atoms with Crippen LogP contribution in [0.3, 0.4) is 0 Å². The van der Waals surface area contributed by atoms with Gasteiger partial charge in [0.05, 0.1) is 23.2 Å². The Hall–Kier alpha value is -1.37. The van der Waals surface area contributed by atoms with Crippen LogP contribution in [0, 0.1) is 0 Å². The van der Waals surface area contributed by atoms with Crippen molar-refractivity contribution < 1.29 is 18.3 Å². The van der Waals surface area contributed by atoms with Gasteiger partial charge in [-0.25, -0.2) is 13.2 Å². The van der Waals surface area contributed by atoms with Crippen LogP contribution in [-0.2, 0) is 21.3 Å². The topological polar surface area (TPSA) is 89.3 Å². The first kappa shape index (κ1) is 9.83. The molecule has 3 rings (SSSR count). The van der Waals surface area contributed by atoms with Crippen molar-refractivity contribution in [3.63, 3.8) is 0 Å². The second kappa shape index (κ2) is 2.85. The number of carboxylic acid groups (broad SMARTS) is 1. The molecule has 1 aromatic heterocycles. The Balaban J connectivity index is 2.18. The van der Waals surface area contributed by atoms with Crippen LogP contribution < -0.4 is 0 Å². The number of carboxylic acids is 1. The van der Waals surface area contributed by atoms with E-state index in [1.807, 2.05) is 0 Å². The average Bonchev–Trinajstić information content (AvgIpc) is 2.86. The summed E-state index contributed by atoms with van der Waals surface area (Å²) < 4.78 is 24.6. The molecule has 1 aliphatic carbocycles. The Kier molecular flexibility index (Phi) is 1.75. The van der Waals surface area contributed by atoms with Gasteiger partial charge >= 0.3 is 5.97 Å². The standard InChI is InChI=1S/C9H10N2O4S/c12-9(13)8-6-3-16(14,15)4-7(6)11(10-8)5-1-2-5/h5H,1-4H2,(H,12,13). The van der Waals surface area contributed by atoms with Gasteiger partial charge in [-0.05, 0) is 12.8 Å². The second-order valence-electron chi connectivity index (χ2n) is 4.29. The number of carbonyl (C=O) groups is 1. The van der Waals surface area contributed by atoms with Gasteiger partial charge in [-0.3, -0.25) is 4.68 Å². The quantitative estimate of drug-likeness (QED) is 0.808. The largest absolute Gasteiger partial charge is 0.476 e. The summed E-state index contributed by atoms with van der Waals surface area (Å²) in [5, 5.41) is 13.0. The van der Waals surface area contributed by atoms with Gasteiger partial charge in [0.25, 0.3) is 0 Å². The predicted octanol–water partition coefficient (Wildman–Crippen LogP) is 0.345. The minimum absolute atomic E-state index is 0.0703. The highest BCUT2D eigenvalue weighted by molar-refractivity contribution is 7.90. The van der Waals surface area contributed by atoms with Crippen LogP contribution >= 0.6 is 0 Å². The normalized spacial score (nSPS) is 22.0. The van der Waals surface area contributed by atoms with Gasteiger partial charge in [0.1, 0.15) is 0 Å². The minimum atomic E-state index is -3.17. The number of hydrogen-bond acceptors (Lipinski definition) is 4. The van der Waals surface area contributed by atoms with Crippen molar-refractivity contribution >= 4 is 15.8 Å². The zero-order valence-corrected chi connectivity index (χ0v) is 9.20. The molecule has 1 saturated carbocycles. The summed E-state index contributed by atoms with van der Waals surface area (Å²) in [4.78, 5) is 11.0. The number of fused-ring (bicyclic) bond motifs is 1. The number of hydrogen-bond donors (Lipinski definition) is 1. The fourth-order valence-electron chi connectivity index (χ4n) is 2.08. The molecule has 0 atom stereocenters. The number of sulfone groups is 1. The Bertz CT molecular complexity index is 583. The lowest BCUT2D eigenvalue weighted by atomic mass is 10.2. The first-order valence-electron chi connectivity index (χ1n) is 5.02. The van der Waals surface area contributed by atoms with Gasteiger partial charge in [-0.15, -0.1) is 0 Å². The predicted molar refractivity (Wildman–Crippen MR) is 53.8 cm³/mol. The summed E-state index contributed by atoms with van der Waals surface area (Å²) in [6.07, 6.45) is 1.90. The lowest BCUT2D eigenvalue weighted by Gasteiger charge is -2.01. The Morgan fingerprint density at radius 1 is 1.38 bits per heavy atom. The molecule has 7 heteroatoms. The van der Waals surface area contributed by atoms with Crippen LogP contribution in [-0.4, -0.2) is 29.3 Å². The van der Waals surface area contributed by atoms with Gasteiger partial charge < -0.3 is 5.11 Å². The van der Waals surface area contributed by atoms with Crippen molar-refractivity contribution in [3.05, 3.63) is 17.0 Å². The summed E-state index contributed by atoms with van der Waals surface area (Å²) in [5.74, 6) is -1.40. The van der Waals surface area contributed by atoms with Gasteiger partial charge in [0, 0.05) is 5.56 Å². The maximum atomic E-state index is 11.5. The molecule has 0 radical (unpaired) electrons. The maximum absolute atomic E-state index is 11.5. The zero-order valence-electron chi connectivity index (χ0n) is 8.38. The zero-order chi connectivity index (χ0) is 11.5. The molecule has 0 amide bonds. The third-order valence-electron chi connectivity index (χ3n) is 2.93. The molecular weight excluding hydrogens is 232 g/mol. The van der Waals surface area contributed by atoms with Gasteiger partial charge in [0.2, 0.25) is 0 Å². The Labute approximate surface area is 91.8 Å². The number of rotatable bonds is 2. The Morgan fingerprint density at radius 2 is 2.06 bits per heavy atom. The van der Waals surface area contributed by atoms with E-state index in [0.717, 1.165) is 12.8 Å². The fourth-order valence-corrected chi connectivity index (χ4v) is 3.65. The molecule has 0 aromatic carbocycles. The van der Waals surface area contributed by atoms with Crippen LogP contribution in [0.5, 0.6) is 0 Å². The van der Waals surface area contributed by atoms with Gasteiger partial charge in [-0.1, -0.05) is 0 Å². The maximum Gasteiger partial charge on any atom is 0.356 e. The SMILES string of the molecule is O=C(O)c1nn(C2CC2)c2c1CS(=O)(=O)C2. The van der Waals surface area contributed by atoms with Gasteiger partial charge in [0.15, 0.2) is 15.5 Å². The van der Waals surface area contributed by atoms with Crippen LogP contribution in [0.1, 0.15) is 40.6 Å². The highest BCUT2D eigenvalue weighted by atomic mass is 32.2. The highest BCUT2D eigenvalue weighted by Crippen LogP contribution is 2.39. The van der Waals surface area contributed by atoms with E-state index in [2.05, 4.69) is 5.10 Å². The summed E-state index contributed by atoms with van der Waals surface area (Å²) in [5.41, 5.74) is 0.877. The van der Waals surface area contributed by atoms with Crippen LogP contribution in [0.4, 0.5) is 0 Å². The number of aromatic carboxylic acids is 1. The second-order valence-corrected chi connectivity index (χ2v) is 6.35. The van der Waals surface area contributed by atoms with Crippen LogP contribution in [0.2, 0.25) is 0 Å². The average molecular weight is 242 g/mol. The molecule has 86 valence electrons. The highest BCUT2D eigenvalue weighted by Gasteiger charge is 2.38. The Morgan fingerprint density at radius 3 is 2.62 bits per heavy atom. The lowest BCUT2D eigenvalue weighted by Crippen LogP contribution is -2.08.